The molecule has 3 rings (SSSR count). The number of benzene rings is 1. The van der Waals surface area contributed by atoms with Crippen molar-refractivity contribution in [2.24, 2.45) is 4.99 Å². The topological polar surface area (TPSA) is 41.9 Å². The average molecular weight is 329 g/mol. The van der Waals surface area contributed by atoms with E-state index >= 15 is 0 Å². The van der Waals surface area contributed by atoms with Crippen LogP contribution in [0.15, 0.2) is 28.1 Å². The first-order valence-electron chi connectivity index (χ1n) is 7.21. The van der Waals surface area contributed by atoms with E-state index in [-0.39, 0.29) is 12.4 Å². The largest absolute Gasteiger partial charge is 0.379 e. The van der Waals surface area contributed by atoms with E-state index in [0.717, 1.165) is 49.9 Å². The van der Waals surface area contributed by atoms with Crippen molar-refractivity contribution in [1.29, 1.82) is 0 Å². The highest BCUT2D eigenvalue weighted by atomic mass is 35.5. The Labute approximate surface area is 134 Å². The molecule has 2 aliphatic heterocycles. The van der Waals surface area contributed by atoms with Crippen LogP contribution in [0, 0.1) is 0 Å². The number of morpholine rings is 1. The predicted molar refractivity (Wildman–Crippen MR) is 88.4 cm³/mol. The number of halogens is 1. The van der Waals surface area contributed by atoms with E-state index in [2.05, 4.69) is 16.0 Å². The maximum atomic E-state index is 11.7. The van der Waals surface area contributed by atoms with Crippen LogP contribution in [0.25, 0.3) is 0 Å². The number of fused-ring (bicyclic) bond motifs is 1. The molecule has 0 N–H and O–H groups in total. The van der Waals surface area contributed by atoms with E-state index < -0.39 is 10.8 Å². The molecule has 6 heteroatoms. The van der Waals surface area contributed by atoms with Gasteiger partial charge >= 0.3 is 0 Å². The van der Waals surface area contributed by atoms with Crippen molar-refractivity contribution < 1.29 is 8.95 Å². The van der Waals surface area contributed by atoms with Crippen molar-refractivity contribution in [2.45, 2.75) is 24.2 Å². The number of rotatable bonds is 5. The summed E-state index contributed by atoms with van der Waals surface area (Å²) in [6.07, 6.45) is 3.43. The second kappa shape index (κ2) is 8.03. The lowest BCUT2D eigenvalue weighted by Crippen LogP contribution is -2.36. The first-order chi connectivity index (χ1) is 9.83. The van der Waals surface area contributed by atoms with Crippen molar-refractivity contribution in [1.82, 2.24) is 4.90 Å². The zero-order chi connectivity index (χ0) is 13.8. The van der Waals surface area contributed by atoms with Crippen molar-refractivity contribution in [3.63, 3.8) is 0 Å². The summed E-state index contributed by atoms with van der Waals surface area (Å²) >= 11 is 0. The summed E-state index contributed by atoms with van der Waals surface area (Å²) in [4.78, 5) is 7.47. The van der Waals surface area contributed by atoms with E-state index in [1.165, 1.54) is 24.0 Å². The summed E-state index contributed by atoms with van der Waals surface area (Å²) in [5.74, 6) is 0. The molecular formula is C15H21ClN2O2S. The Bertz CT molecular complexity index is 530. The van der Waals surface area contributed by atoms with Gasteiger partial charge in [-0.3, -0.25) is 4.90 Å². The molecule has 2 heterocycles. The monoisotopic (exact) mass is 328 g/mol. The second-order valence-electron chi connectivity index (χ2n) is 5.25. The Morgan fingerprint density at radius 1 is 1.24 bits per heavy atom. The zero-order valence-corrected chi connectivity index (χ0v) is 13.6. The summed E-state index contributed by atoms with van der Waals surface area (Å²) < 4.78 is 17.0. The quantitative estimate of drug-likeness (QED) is 0.780. The van der Waals surface area contributed by atoms with Crippen LogP contribution in [-0.4, -0.2) is 47.5 Å². The summed E-state index contributed by atoms with van der Waals surface area (Å²) in [6.45, 7) is 5.03. The summed E-state index contributed by atoms with van der Waals surface area (Å²) in [5.41, 5.74) is 3.65. The van der Waals surface area contributed by atoms with Gasteiger partial charge in [0.15, 0.2) is 0 Å². The SMILES string of the molecule is Cl.O=S1C=Nc2ccc(CCCCN3CCOCC3)cc21. The van der Waals surface area contributed by atoms with Crippen molar-refractivity contribution in [3.05, 3.63) is 23.8 Å². The molecule has 1 aromatic rings. The molecule has 4 nitrogen and oxygen atoms in total. The first-order valence-corrected chi connectivity index (χ1v) is 8.42. The minimum atomic E-state index is -1.03. The Kier molecular flexibility index (Phi) is 6.36. The Balaban J connectivity index is 0.00000161. The van der Waals surface area contributed by atoms with E-state index in [9.17, 15) is 4.21 Å². The first kappa shape index (κ1) is 16.6. The zero-order valence-electron chi connectivity index (χ0n) is 12.0. The molecule has 1 unspecified atom stereocenters. The number of nitrogens with zero attached hydrogens (tertiary/aromatic N) is 2. The van der Waals surface area contributed by atoms with Gasteiger partial charge in [0.05, 0.1) is 40.1 Å². The van der Waals surface area contributed by atoms with E-state index in [0.29, 0.717) is 0 Å². The summed E-state index contributed by atoms with van der Waals surface area (Å²) in [7, 11) is -1.03. The molecule has 0 amide bonds. The van der Waals surface area contributed by atoms with Crippen LogP contribution in [0.1, 0.15) is 18.4 Å². The normalized spacial score (nSPS) is 21.0. The Morgan fingerprint density at radius 2 is 2.05 bits per heavy atom. The predicted octanol–water partition coefficient (Wildman–Crippen LogP) is 2.54. The smallest absolute Gasteiger partial charge is 0.0984 e. The standard InChI is InChI=1S/C15H20N2O2S.ClH/c18-20-12-16-14-5-4-13(11-15(14)20)3-1-2-6-17-7-9-19-10-8-17;/h4-5,11-12H,1-3,6-10H2;1H. The fraction of sp³-hybridized carbons (Fsp3) is 0.533. The van der Waals surface area contributed by atoms with Crippen LogP contribution in [0.4, 0.5) is 5.69 Å². The number of aryl methyl sites for hydroxylation is 1. The number of unbranched alkanes of at least 4 members (excludes halogenated alkanes) is 1. The van der Waals surface area contributed by atoms with Gasteiger partial charge in [0.2, 0.25) is 0 Å². The van der Waals surface area contributed by atoms with Crippen LogP contribution in [0.5, 0.6) is 0 Å². The molecule has 116 valence electrons. The third kappa shape index (κ3) is 4.36. The fourth-order valence-electron chi connectivity index (χ4n) is 2.63. The van der Waals surface area contributed by atoms with Gasteiger partial charge in [-0.25, -0.2) is 9.20 Å². The van der Waals surface area contributed by atoms with E-state index in [1.807, 2.05) is 12.1 Å². The third-order valence-electron chi connectivity index (χ3n) is 3.82. The van der Waals surface area contributed by atoms with Gasteiger partial charge in [-0.15, -0.1) is 12.4 Å². The molecule has 2 aliphatic rings. The van der Waals surface area contributed by atoms with Gasteiger partial charge in [-0.1, -0.05) is 6.07 Å². The molecule has 0 aliphatic carbocycles. The van der Waals surface area contributed by atoms with Gasteiger partial charge in [-0.2, -0.15) is 0 Å². The molecule has 21 heavy (non-hydrogen) atoms. The number of hydrogen-bond acceptors (Lipinski definition) is 4. The Hall–Kier alpha value is -0.750. The van der Waals surface area contributed by atoms with Gasteiger partial charge in [0.25, 0.3) is 0 Å². The molecular weight excluding hydrogens is 308 g/mol. The van der Waals surface area contributed by atoms with E-state index in [1.54, 1.807) is 0 Å². The second-order valence-corrected chi connectivity index (χ2v) is 6.49. The maximum Gasteiger partial charge on any atom is 0.0984 e. The van der Waals surface area contributed by atoms with Crippen LogP contribution in [0.2, 0.25) is 0 Å². The molecule has 0 aromatic heterocycles. The van der Waals surface area contributed by atoms with Gasteiger partial charge in [0.1, 0.15) is 0 Å². The summed E-state index contributed by atoms with van der Waals surface area (Å²) in [6, 6.07) is 6.13. The van der Waals surface area contributed by atoms with Crippen LogP contribution < -0.4 is 0 Å². The lowest BCUT2D eigenvalue weighted by atomic mass is 10.1. The molecule has 0 spiro atoms. The minimum Gasteiger partial charge on any atom is -0.379 e. The lowest BCUT2D eigenvalue weighted by molar-refractivity contribution is 0.0372. The molecule has 1 atom stereocenters. The summed E-state index contributed by atoms with van der Waals surface area (Å²) in [5, 5.41) is 0. The van der Waals surface area contributed by atoms with Crippen molar-refractivity contribution in [3.8, 4) is 0 Å². The van der Waals surface area contributed by atoms with Gasteiger partial charge in [0, 0.05) is 13.1 Å². The average Bonchev–Trinajstić information content (AvgIpc) is 2.86. The van der Waals surface area contributed by atoms with Crippen molar-refractivity contribution in [2.75, 3.05) is 32.8 Å². The molecule has 1 saturated heterocycles. The minimum absolute atomic E-state index is 0. The van der Waals surface area contributed by atoms with Crippen LogP contribution in [-0.2, 0) is 22.0 Å². The molecule has 1 fully saturated rings. The van der Waals surface area contributed by atoms with Crippen LogP contribution >= 0.6 is 12.4 Å². The van der Waals surface area contributed by atoms with Gasteiger partial charge in [-0.05, 0) is 43.5 Å². The third-order valence-corrected chi connectivity index (χ3v) is 4.88. The highest BCUT2D eigenvalue weighted by Gasteiger charge is 2.14. The van der Waals surface area contributed by atoms with Crippen LogP contribution in [0.3, 0.4) is 0 Å². The molecule has 1 aromatic carbocycles. The number of aliphatic imine (C=N–C) groups is 1. The fourth-order valence-corrected chi connectivity index (χ4v) is 3.55. The van der Waals surface area contributed by atoms with E-state index in [4.69, 9.17) is 4.74 Å². The van der Waals surface area contributed by atoms with Gasteiger partial charge < -0.3 is 4.74 Å². The number of hydrogen-bond donors (Lipinski definition) is 0. The Morgan fingerprint density at radius 3 is 2.86 bits per heavy atom. The highest BCUT2D eigenvalue weighted by molar-refractivity contribution is 7.99. The maximum absolute atomic E-state index is 11.7. The highest BCUT2D eigenvalue weighted by Crippen LogP contribution is 2.28. The molecule has 0 saturated carbocycles. The van der Waals surface area contributed by atoms with Crippen molar-refractivity contribution >= 4 is 34.4 Å². The lowest BCUT2D eigenvalue weighted by Gasteiger charge is -2.26. The molecule has 0 radical (unpaired) electrons. The molecule has 0 bridgehead atoms. The number of ether oxygens (including phenoxy) is 1.